The number of hydrogen-bond acceptors (Lipinski definition) is 4. The van der Waals surface area contributed by atoms with Gasteiger partial charge in [-0.1, -0.05) is 0 Å². The minimum absolute atomic E-state index is 0.0961. The zero-order chi connectivity index (χ0) is 20.8. The Morgan fingerprint density at radius 1 is 1.10 bits per heavy atom. The van der Waals surface area contributed by atoms with Gasteiger partial charge in [-0.25, -0.2) is 13.5 Å². The van der Waals surface area contributed by atoms with Gasteiger partial charge >= 0.3 is 0 Å². The molecule has 1 aromatic heterocycles. The molecule has 1 heterocycles. The van der Waals surface area contributed by atoms with Crippen molar-refractivity contribution in [2.75, 3.05) is 23.3 Å². The number of rotatable bonds is 8. The zero-order valence-electron chi connectivity index (χ0n) is 16.2. The highest BCUT2D eigenvalue weighted by Gasteiger charge is 2.11. The fourth-order valence-electron chi connectivity index (χ4n) is 2.82. The van der Waals surface area contributed by atoms with Gasteiger partial charge in [0.1, 0.15) is 5.82 Å². The Hall–Kier alpha value is -3.42. The Morgan fingerprint density at radius 2 is 1.83 bits per heavy atom. The highest BCUT2D eigenvalue weighted by molar-refractivity contribution is 6.02. The number of aromatic nitrogens is 2. The first kappa shape index (κ1) is 20.3. The van der Waals surface area contributed by atoms with Crippen LogP contribution in [-0.4, -0.2) is 28.8 Å². The minimum atomic E-state index is -0.803. The van der Waals surface area contributed by atoms with E-state index in [1.54, 1.807) is 6.20 Å². The van der Waals surface area contributed by atoms with Gasteiger partial charge in [0.05, 0.1) is 0 Å². The molecular formula is C21H22F2N4O2. The van der Waals surface area contributed by atoms with Crippen molar-refractivity contribution >= 4 is 17.3 Å². The summed E-state index contributed by atoms with van der Waals surface area (Å²) >= 11 is 0. The van der Waals surface area contributed by atoms with Crippen LogP contribution < -0.4 is 15.0 Å². The van der Waals surface area contributed by atoms with Crippen LogP contribution in [-0.2, 0) is 6.73 Å². The summed E-state index contributed by atoms with van der Waals surface area (Å²) in [7, 11) is 0. The number of carbonyl (C=O) groups is 1. The first-order chi connectivity index (χ1) is 14.0. The van der Waals surface area contributed by atoms with Crippen LogP contribution in [0.25, 0.3) is 0 Å². The van der Waals surface area contributed by atoms with Crippen LogP contribution in [0.3, 0.4) is 0 Å². The molecule has 0 aliphatic heterocycles. The first-order valence-electron chi connectivity index (χ1n) is 9.27. The summed E-state index contributed by atoms with van der Waals surface area (Å²) in [6.07, 6.45) is 1.54. The lowest BCUT2D eigenvalue weighted by molar-refractivity contribution is 0.102. The smallest absolute Gasteiger partial charge is 0.276 e. The fraction of sp³-hybridized carbons (Fsp3) is 0.238. The van der Waals surface area contributed by atoms with E-state index in [0.29, 0.717) is 5.69 Å². The number of nitrogens with one attached hydrogen (secondary N) is 1. The van der Waals surface area contributed by atoms with E-state index >= 15 is 0 Å². The molecule has 8 heteroatoms. The van der Waals surface area contributed by atoms with E-state index in [4.69, 9.17) is 4.74 Å². The summed E-state index contributed by atoms with van der Waals surface area (Å²) in [5, 5.41) is 6.90. The van der Waals surface area contributed by atoms with Crippen LogP contribution in [0.15, 0.2) is 54.7 Å². The average molecular weight is 400 g/mol. The van der Waals surface area contributed by atoms with Gasteiger partial charge < -0.3 is 15.0 Å². The number of ether oxygens (including phenoxy) is 1. The lowest BCUT2D eigenvalue weighted by atomic mass is 10.2. The molecule has 0 fully saturated rings. The molecule has 6 nitrogen and oxygen atoms in total. The van der Waals surface area contributed by atoms with Gasteiger partial charge in [0, 0.05) is 36.7 Å². The highest BCUT2D eigenvalue weighted by Crippen LogP contribution is 2.19. The van der Waals surface area contributed by atoms with E-state index in [-0.39, 0.29) is 24.1 Å². The van der Waals surface area contributed by atoms with Gasteiger partial charge in [0.25, 0.3) is 5.91 Å². The quantitative estimate of drug-likeness (QED) is 0.613. The Labute approximate surface area is 167 Å². The maximum Gasteiger partial charge on any atom is 0.276 e. The molecule has 0 spiro atoms. The summed E-state index contributed by atoms with van der Waals surface area (Å²) in [5.74, 6) is -1.95. The van der Waals surface area contributed by atoms with Crippen molar-refractivity contribution in [1.82, 2.24) is 9.78 Å². The van der Waals surface area contributed by atoms with E-state index < -0.39 is 11.6 Å². The molecule has 3 rings (SSSR count). The SMILES string of the molecule is CCN(CC)c1ccc(NC(=O)c2ccn(COc3ccc(F)cc3F)n2)cc1. The summed E-state index contributed by atoms with van der Waals surface area (Å²) in [6, 6.07) is 12.1. The molecule has 0 unspecified atom stereocenters. The van der Waals surface area contributed by atoms with Crippen LogP contribution in [0.2, 0.25) is 0 Å². The van der Waals surface area contributed by atoms with Crippen LogP contribution >= 0.6 is 0 Å². The largest absolute Gasteiger partial charge is 0.468 e. The summed E-state index contributed by atoms with van der Waals surface area (Å²) in [6.45, 7) is 5.87. The topological polar surface area (TPSA) is 59.4 Å². The lowest BCUT2D eigenvalue weighted by Crippen LogP contribution is -2.21. The molecule has 0 saturated carbocycles. The second-order valence-electron chi connectivity index (χ2n) is 6.26. The molecule has 3 aromatic rings. The van der Waals surface area contributed by atoms with Crippen molar-refractivity contribution in [2.45, 2.75) is 20.6 Å². The van der Waals surface area contributed by atoms with E-state index in [1.807, 2.05) is 24.3 Å². The van der Waals surface area contributed by atoms with Gasteiger partial charge in [-0.05, 0) is 56.3 Å². The average Bonchev–Trinajstić information content (AvgIpc) is 3.19. The lowest BCUT2D eigenvalue weighted by Gasteiger charge is -2.21. The number of amides is 1. The molecule has 0 aliphatic carbocycles. The fourth-order valence-corrected chi connectivity index (χ4v) is 2.82. The predicted molar refractivity (Wildman–Crippen MR) is 107 cm³/mol. The number of anilines is 2. The van der Waals surface area contributed by atoms with Gasteiger partial charge in [-0.2, -0.15) is 5.10 Å². The Morgan fingerprint density at radius 3 is 2.48 bits per heavy atom. The summed E-state index contributed by atoms with van der Waals surface area (Å²) < 4.78 is 33.1. The first-order valence-corrected chi connectivity index (χ1v) is 9.27. The molecule has 0 bridgehead atoms. The van der Waals surface area contributed by atoms with Gasteiger partial charge in [0.2, 0.25) is 0 Å². The molecule has 0 saturated heterocycles. The summed E-state index contributed by atoms with van der Waals surface area (Å²) in [4.78, 5) is 14.6. The maximum absolute atomic E-state index is 13.6. The third-order valence-corrected chi connectivity index (χ3v) is 4.37. The van der Waals surface area contributed by atoms with E-state index in [1.165, 1.54) is 16.8 Å². The molecule has 0 atom stereocenters. The van der Waals surface area contributed by atoms with Crippen molar-refractivity contribution in [3.63, 3.8) is 0 Å². The molecule has 0 radical (unpaired) electrons. The van der Waals surface area contributed by atoms with E-state index in [0.717, 1.165) is 30.9 Å². The standard InChI is InChI=1S/C21H22F2N4O2/c1-3-26(4-2)17-8-6-16(7-9-17)24-21(28)19-11-12-27(25-19)14-29-20-10-5-15(22)13-18(20)23/h5-13H,3-4,14H2,1-2H3,(H,24,28). The molecule has 0 aliphatic rings. The predicted octanol–water partition coefficient (Wildman–Crippen LogP) is 4.30. The Kier molecular flexibility index (Phi) is 6.43. The molecule has 2 aromatic carbocycles. The highest BCUT2D eigenvalue weighted by atomic mass is 19.1. The minimum Gasteiger partial charge on any atom is -0.468 e. The van der Waals surface area contributed by atoms with Crippen LogP contribution in [0.1, 0.15) is 24.3 Å². The van der Waals surface area contributed by atoms with Gasteiger partial charge in [0.15, 0.2) is 24.0 Å². The number of halogens is 2. The van der Waals surface area contributed by atoms with Crippen molar-refractivity contribution in [1.29, 1.82) is 0 Å². The van der Waals surface area contributed by atoms with Crippen molar-refractivity contribution in [2.24, 2.45) is 0 Å². The van der Waals surface area contributed by atoms with E-state index in [9.17, 15) is 13.6 Å². The van der Waals surface area contributed by atoms with Crippen molar-refractivity contribution in [3.8, 4) is 5.75 Å². The second-order valence-corrected chi connectivity index (χ2v) is 6.26. The molecule has 29 heavy (non-hydrogen) atoms. The normalized spacial score (nSPS) is 10.6. The summed E-state index contributed by atoms with van der Waals surface area (Å²) in [5.41, 5.74) is 1.94. The van der Waals surface area contributed by atoms with Crippen molar-refractivity contribution in [3.05, 3.63) is 72.1 Å². The Bertz CT molecular complexity index is 969. The monoisotopic (exact) mass is 400 g/mol. The number of hydrogen-bond donors (Lipinski definition) is 1. The molecule has 1 N–H and O–H groups in total. The number of benzene rings is 2. The third kappa shape index (κ3) is 5.10. The van der Waals surface area contributed by atoms with Crippen molar-refractivity contribution < 1.29 is 18.3 Å². The maximum atomic E-state index is 13.6. The third-order valence-electron chi connectivity index (χ3n) is 4.37. The second kappa shape index (κ2) is 9.18. The van der Waals surface area contributed by atoms with Crippen LogP contribution in [0.4, 0.5) is 20.2 Å². The zero-order valence-corrected chi connectivity index (χ0v) is 16.2. The molecule has 1 amide bonds. The molecular weight excluding hydrogens is 378 g/mol. The van der Waals surface area contributed by atoms with Gasteiger partial charge in [-0.3, -0.25) is 4.79 Å². The van der Waals surface area contributed by atoms with Gasteiger partial charge in [-0.15, -0.1) is 0 Å². The number of carbonyl (C=O) groups excluding carboxylic acids is 1. The number of nitrogens with zero attached hydrogens (tertiary/aromatic N) is 3. The Balaban J connectivity index is 1.59. The van der Waals surface area contributed by atoms with Crippen LogP contribution in [0, 0.1) is 11.6 Å². The van der Waals surface area contributed by atoms with E-state index in [2.05, 4.69) is 29.2 Å². The molecule has 152 valence electrons. The van der Waals surface area contributed by atoms with Crippen LogP contribution in [0.5, 0.6) is 5.75 Å².